The fourth-order valence-electron chi connectivity index (χ4n) is 4.04. The van der Waals surface area contributed by atoms with Crippen LogP contribution in [0, 0.1) is 17.7 Å². The number of halogens is 1. The van der Waals surface area contributed by atoms with E-state index in [0.717, 1.165) is 19.3 Å². The number of carbonyl (C=O) groups is 3. The standard InChI is InChI=1S/C26H31FN2O6/c1-16-5-4-6-21(17(16)2)29-25(31)15-35-26(32)18-7-12-22(23(13-18)33-3)34-14-24(30)28-20-10-8-19(27)9-11-20/h7-13,16-17,21H,4-6,14-15H2,1-3H3,(H,28,30)(H,29,31). The van der Waals surface area contributed by atoms with E-state index in [4.69, 9.17) is 14.2 Å². The first-order valence-electron chi connectivity index (χ1n) is 11.6. The van der Waals surface area contributed by atoms with Crippen molar-refractivity contribution in [2.75, 3.05) is 25.6 Å². The normalized spacial score (nSPS) is 19.4. The number of esters is 1. The van der Waals surface area contributed by atoms with Crippen LogP contribution in [0.1, 0.15) is 43.5 Å². The summed E-state index contributed by atoms with van der Waals surface area (Å²) in [5, 5.41) is 5.55. The van der Waals surface area contributed by atoms with Crippen LogP contribution in [0.5, 0.6) is 11.5 Å². The van der Waals surface area contributed by atoms with Gasteiger partial charge in [-0.05, 0) is 60.7 Å². The first-order valence-corrected chi connectivity index (χ1v) is 11.6. The van der Waals surface area contributed by atoms with Crippen LogP contribution in [0.3, 0.4) is 0 Å². The Balaban J connectivity index is 1.50. The highest BCUT2D eigenvalue weighted by atomic mass is 19.1. The van der Waals surface area contributed by atoms with Gasteiger partial charge in [-0.1, -0.05) is 26.7 Å². The number of nitrogens with one attached hydrogen (secondary N) is 2. The van der Waals surface area contributed by atoms with Crippen molar-refractivity contribution in [2.24, 2.45) is 11.8 Å². The molecule has 0 heterocycles. The van der Waals surface area contributed by atoms with E-state index >= 15 is 0 Å². The van der Waals surface area contributed by atoms with Crippen molar-refractivity contribution in [3.63, 3.8) is 0 Å². The number of hydrogen-bond donors (Lipinski definition) is 2. The van der Waals surface area contributed by atoms with Gasteiger partial charge >= 0.3 is 5.97 Å². The molecule has 188 valence electrons. The van der Waals surface area contributed by atoms with Crippen molar-refractivity contribution < 1.29 is 33.0 Å². The molecule has 3 unspecified atom stereocenters. The molecule has 0 aliphatic heterocycles. The number of amides is 2. The molecule has 0 aromatic heterocycles. The first kappa shape index (κ1) is 26.0. The lowest BCUT2D eigenvalue weighted by Gasteiger charge is -2.34. The summed E-state index contributed by atoms with van der Waals surface area (Å²) in [5.41, 5.74) is 0.610. The minimum absolute atomic E-state index is 0.0849. The van der Waals surface area contributed by atoms with Crippen LogP contribution in [0.15, 0.2) is 42.5 Å². The van der Waals surface area contributed by atoms with Crippen LogP contribution in [-0.2, 0) is 14.3 Å². The molecule has 2 aromatic rings. The molecule has 1 aliphatic rings. The molecule has 1 aliphatic carbocycles. The van der Waals surface area contributed by atoms with E-state index in [0.29, 0.717) is 17.5 Å². The van der Waals surface area contributed by atoms with Crippen molar-refractivity contribution >= 4 is 23.5 Å². The van der Waals surface area contributed by atoms with E-state index in [1.165, 1.54) is 49.6 Å². The second-order valence-electron chi connectivity index (χ2n) is 8.73. The van der Waals surface area contributed by atoms with Crippen molar-refractivity contribution in [2.45, 2.75) is 39.2 Å². The van der Waals surface area contributed by atoms with E-state index in [1.807, 2.05) is 0 Å². The third-order valence-corrected chi connectivity index (χ3v) is 6.27. The molecule has 1 saturated carbocycles. The Labute approximate surface area is 204 Å². The first-order chi connectivity index (χ1) is 16.8. The van der Waals surface area contributed by atoms with Gasteiger partial charge in [0.1, 0.15) is 5.82 Å². The Morgan fingerprint density at radius 1 is 0.971 bits per heavy atom. The lowest BCUT2D eigenvalue weighted by atomic mass is 9.78. The molecule has 0 saturated heterocycles. The van der Waals surface area contributed by atoms with Gasteiger partial charge in [0.15, 0.2) is 24.7 Å². The summed E-state index contributed by atoms with van der Waals surface area (Å²) in [6.45, 7) is 3.61. The summed E-state index contributed by atoms with van der Waals surface area (Å²) in [6.07, 6.45) is 3.15. The van der Waals surface area contributed by atoms with Crippen molar-refractivity contribution in [1.29, 1.82) is 0 Å². The molecule has 2 amide bonds. The lowest BCUT2D eigenvalue weighted by molar-refractivity contribution is -0.125. The number of rotatable bonds is 9. The van der Waals surface area contributed by atoms with Gasteiger partial charge in [-0.25, -0.2) is 9.18 Å². The number of ether oxygens (including phenoxy) is 3. The van der Waals surface area contributed by atoms with Crippen molar-refractivity contribution in [1.82, 2.24) is 5.32 Å². The zero-order chi connectivity index (χ0) is 25.4. The number of hydrogen-bond acceptors (Lipinski definition) is 6. The molecule has 2 aromatic carbocycles. The van der Waals surface area contributed by atoms with E-state index in [1.54, 1.807) is 0 Å². The highest BCUT2D eigenvalue weighted by Crippen LogP contribution is 2.30. The summed E-state index contributed by atoms with van der Waals surface area (Å²) >= 11 is 0. The van der Waals surface area contributed by atoms with Crippen LogP contribution in [-0.4, -0.2) is 44.1 Å². The summed E-state index contributed by atoms with van der Waals surface area (Å²) in [5.74, 6) is -0.476. The Morgan fingerprint density at radius 3 is 2.43 bits per heavy atom. The highest BCUT2D eigenvalue weighted by Gasteiger charge is 2.28. The molecule has 35 heavy (non-hydrogen) atoms. The molecule has 8 nitrogen and oxygen atoms in total. The zero-order valence-corrected chi connectivity index (χ0v) is 20.1. The average molecular weight is 487 g/mol. The van der Waals surface area contributed by atoms with E-state index < -0.39 is 17.7 Å². The van der Waals surface area contributed by atoms with Crippen LogP contribution < -0.4 is 20.1 Å². The second kappa shape index (κ2) is 12.2. The third kappa shape index (κ3) is 7.43. The van der Waals surface area contributed by atoms with Crippen LogP contribution in [0.25, 0.3) is 0 Å². The molecule has 0 radical (unpaired) electrons. The molecule has 2 N–H and O–H groups in total. The average Bonchev–Trinajstić information content (AvgIpc) is 2.85. The molecule has 9 heteroatoms. The van der Waals surface area contributed by atoms with Gasteiger partial charge in [0.25, 0.3) is 11.8 Å². The topological polar surface area (TPSA) is 103 Å². The summed E-state index contributed by atoms with van der Waals surface area (Å²) < 4.78 is 28.9. The fraction of sp³-hybridized carbons (Fsp3) is 0.423. The smallest absolute Gasteiger partial charge is 0.338 e. The maximum atomic E-state index is 13.0. The fourth-order valence-corrected chi connectivity index (χ4v) is 4.04. The third-order valence-electron chi connectivity index (χ3n) is 6.27. The predicted octanol–water partition coefficient (Wildman–Crippen LogP) is 3.95. The molecule has 0 spiro atoms. The molecule has 3 rings (SSSR count). The lowest BCUT2D eigenvalue weighted by Crippen LogP contribution is -2.45. The predicted molar refractivity (Wildman–Crippen MR) is 128 cm³/mol. The number of methoxy groups -OCH3 is 1. The van der Waals surface area contributed by atoms with Gasteiger partial charge in [-0.2, -0.15) is 0 Å². The van der Waals surface area contributed by atoms with Crippen LogP contribution >= 0.6 is 0 Å². The largest absolute Gasteiger partial charge is 0.493 e. The van der Waals surface area contributed by atoms with E-state index in [-0.39, 0.29) is 42.2 Å². The molecule has 0 bridgehead atoms. The molecule has 1 fully saturated rings. The summed E-state index contributed by atoms with van der Waals surface area (Å²) in [4.78, 5) is 36.8. The molecular weight excluding hydrogens is 455 g/mol. The van der Waals surface area contributed by atoms with Gasteiger partial charge < -0.3 is 24.8 Å². The zero-order valence-electron chi connectivity index (χ0n) is 20.1. The van der Waals surface area contributed by atoms with Crippen molar-refractivity contribution in [3.05, 3.63) is 53.8 Å². The Hall–Kier alpha value is -3.62. The van der Waals surface area contributed by atoms with Gasteiger partial charge in [0, 0.05) is 11.7 Å². The number of benzene rings is 2. The monoisotopic (exact) mass is 486 g/mol. The summed E-state index contributed by atoms with van der Waals surface area (Å²) in [6, 6.07) is 9.78. The van der Waals surface area contributed by atoms with Crippen molar-refractivity contribution in [3.8, 4) is 11.5 Å². The highest BCUT2D eigenvalue weighted by molar-refractivity contribution is 5.93. The quantitative estimate of drug-likeness (QED) is 0.521. The SMILES string of the molecule is COc1cc(C(=O)OCC(=O)NC2CCCC(C)C2C)ccc1OCC(=O)Nc1ccc(F)cc1. The number of anilines is 1. The van der Waals surface area contributed by atoms with Crippen LogP contribution in [0.4, 0.5) is 10.1 Å². The minimum atomic E-state index is -0.677. The molecular formula is C26H31FN2O6. The van der Waals surface area contributed by atoms with Gasteiger partial charge in [-0.3, -0.25) is 9.59 Å². The van der Waals surface area contributed by atoms with E-state index in [9.17, 15) is 18.8 Å². The second-order valence-corrected chi connectivity index (χ2v) is 8.73. The Morgan fingerprint density at radius 2 is 1.71 bits per heavy atom. The maximum absolute atomic E-state index is 13.0. The number of carbonyl (C=O) groups excluding carboxylic acids is 3. The Kier molecular flexibility index (Phi) is 9.05. The van der Waals surface area contributed by atoms with Crippen LogP contribution in [0.2, 0.25) is 0 Å². The van der Waals surface area contributed by atoms with Gasteiger partial charge in [-0.15, -0.1) is 0 Å². The summed E-state index contributed by atoms with van der Waals surface area (Å²) in [7, 11) is 1.40. The van der Waals surface area contributed by atoms with E-state index in [2.05, 4.69) is 24.5 Å². The van der Waals surface area contributed by atoms with Gasteiger partial charge in [0.05, 0.1) is 12.7 Å². The van der Waals surface area contributed by atoms with Gasteiger partial charge in [0.2, 0.25) is 0 Å². The Bertz CT molecular complexity index is 1040. The minimum Gasteiger partial charge on any atom is -0.493 e. The molecule has 3 atom stereocenters. The maximum Gasteiger partial charge on any atom is 0.338 e.